The monoisotopic (exact) mass is 546 g/mol. The maximum atomic E-state index is 15.0. The molecule has 1 amide bonds. The summed E-state index contributed by atoms with van der Waals surface area (Å²) in [5.74, 6) is 1.08. The number of rotatable bonds is 4. The van der Waals surface area contributed by atoms with Crippen molar-refractivity contribution in [2.45, 2.75) is 32.7 Å². The maximum absolute atomic E-state index is 15.0. The number of piperazine rings is 1. The van der Waals surface area contributed by atoms with Crippen LogP contribution in [-0.4, -0.2) is 58.9 Å². The van der Waals surface area contributed by atoms with Gasteiger partial charge in [0, 0.05) is 37.1 Å². The van der Waals surface area contributed by atoms with Gasteiger partial charge in [-0.3, -0.25) is 4.79 Å². The number of nitrogen functional groups attached to an aromatic ring is 1. The van der Waals surface area contributed by atoms with Crippen molar-refractivity contribution in [2.75, 3.05) is 36.9 Å². The molecule has 3 heterocycles. The maximum Gasteiger partial charge on any atom is 0.246 e. The number of hydrogen-bond acceptors (Lipinski definition) is 6. The zero-order valence-corrected chi connectivity index (χ0v) is 23.1. The number of halogens is 2. The van der Waals surface area contributed by atoms with Gasteiger partial charge < -0.3 is 20.4 Å². The fourth-order valence-corrected chi connectivity index (χ4v) is 5.61. The fourth-order valence-electron chi connectivity index (χ4n) is 5.36. The first kappa shape index (κ1) is 26.7. The summed E-state index contributed by atoms with van der Waals surface area (Å²) in [5.41, 5.74) is 9.80. The van der Waals surface area contributed by atoms with E-state index in [1.54, 1.807) is 17.0 Å². The van der Waals surface area contributed by atoms with E-state index in [9.17, 15) is 4.79 Å². The fraction of sp³-hybridized carbons (Fsp3) is 0.300. The summed E-state index contributed by atoms with van der Waals surface area (Å²) < 4.78 is 15.0. The number of nitrogens with zero attached hydrogens (tertiary/aromatic N) is 5. The molecule has 202 valence electrons. The SMILES string of the molecule is C=CC(=O)N1CCN(C2=NCN(c3ccccc3C(C)C)c3nc(-c4c(N)cccc4F)c(Cl)cc32)C(C)C1. The molecule has 0 saturated carbocycles. The molecule has 1 fully saturated rings. The second kappa shape index (κ2) is 10.7. The molecular weight excluding hydrogens is 515 g/mol. The van der Waals surface area contributed by atoms with Crippen molar-refractivity contribution in [1.82, 2.24) is 14.8 Å². The third kappa shape index (κ3) is 4.85. The molecular formula is C30H32ClFN6O. The first-order chi connectivity index (χ1) is 18.7. The van der Waals surface area contributed by atoms with Crippen LogP contribution in [-0.2, 0) is 4.79 Å². The molecule has 2 N–H and O–H groups in total. The highest BCUT2D eigenvalue weighted by atomic mass is 35.5. The lowest BCUT2D eigenvalue weighted by molar-refractivity contribution is -0.128. The van der Waals surface area contributed by atoms with Gasteiger partial charge in [-0.1, -0.05) is 56.3 Å². The van der Waals surface area contributed by atoms with Crippen LogP contribution in [0, 0.1) is 5.82 Å². The quantitative estimate of drug-likeness (QED) is 0.329. The minimum atomic E-state index is -0.486. The molecule has 2 aromatic carbocycles. The number of amidine groups is 1. The van der Waals surface area contributed by atoms with Crippen molar-refractivity contribution >= 4 is 40.5 Å². The smallest absolute Gasteiger partial charge is 0.246 e. The van der Waals surface area contributed by atoms with Crippen LogP contribution in [0.4, 0.5) is 21.6 Å². The molecule has 1 atom stereocenters. The Labute approximate surface area is 233 Å². The second-order valence-corrected chi connectivity index (χ2v) is 10.6. The molecule has 2 aliphatic heterocycles. The van der Waals surface area contributed by atoms with E-state index in [1.807, 2.05) is 23.1 Å². The highest BCUT2D eigenvalue weighted by molar-refractivity contribution is 6.34. The minimum Gasteiger partial charge on any atom is -0.398 e. The van der Waals surface area contributed by atoms with Gasteiger partial charge in [0.15, 0.2) is 0 Å². The number of pyridine rings is 1. The van der Waals surface area contributed by atoms with E-state index in [1.165, 1.54) is 12.1 Å². The number of aliphatic imine (C=N–C) groups is 1. The lowest BCUT2D eigenvalue weighted by atomic mass is 9.99. The zero-order chi connectivity index (χ0) is 27.8. The lowest BCUT2D eigenvalue weighted by Gasteiger charge is -2.43. The Balaban J connectivity index is 1.66. The van der Waals surface area contributed by atoms with Gasteiger partial charge in [0.2, 0.25) is 5.91 Å². The third-order valence-electron chi connectivity index (χ3n) is 7.33. The summed E-state index contributed by atoms with van der Waals surface area (Å²) in [6, 6.07) is 14.5. The summed E-state index contributed by atoms with van der Waals surface area (Å²) in [6.45, 7) is 12.0. The Bertz CT molecular complexity index is 1450. The van der Waals surface area contributed by atoms with Crippen LogP contribution >= 0.6 is 11.6 Å². The predicted molar refractivity (Wildman–Crippen MR) is 156 cm³/mol. The van der Waals surface area contributed by atoms with Crippen LogP contribution in [0.5, 0.6) is 0 Å². The normalized spacial score (nSPS) is 17.2. The molecule has 7 nitrogen and oxygen atoms in total. The van der Waals surface area contributed by atoms with Gasteiger partial charge in [-0.15, -0.1) is 0 Å². The van der Waals surface area contributed by atoms with Crippen LogP contribution < -0.4 is 10.6 Å². The molecule has 2 aliphatic rings. The molecule has 3 aromatic rings. The molecule has 0 bridgehead atoms. The van der Waals surface area contributed by atoms with E-state index in [0.29, 0.717) is 32.1 Å². The second-order valence-electron chi connectivity index (χ2n) is 10.2. The van der Waals surface area contributed by atoms with Gasteiger partial charge in [-0.05, 0) is 48.7 Å². The number of fused-ring (bicyclic) bond motifs is 1. The topological polar surface area (TPSA) is 78.1 Å². The molecule has 39 heavy (non-hydrogen) atoms. The number of carbonyl (C=O) groups excluding carboxylic acids is 1. The number of anilines is 3. The van der Waals surface area contributed by atoms with Crippen molar-refractivity contribution in [3.63, 3.8) is 0 Å². The Morgan fingerprint density at radius 2 is 1.97 bits per heavy atom. The van der Waals surface area contributed by atoms with Crippen LogP contribution in [0.25, 0.3) is 11.3 Å². The van der Waals surface area contributed by atoms with E-state index in [4.69, 9.17) is 27.3 Å². The molecule has 0 aliphatic carbocycles. The van der Waals surface area contributed by atoms with Gasteiger partial charge in [0.05, 0.1) is 21.8 Å². The van der Waals surface area contributed by atoms with E-state index in [0.717, 1.165) is 22.6 Å². The molecule has 1 saturated heterocycles. The van der Waals surface area contributed by atoms with Crippen LogP contribution in [0.15, 0.2) is 66.2 Å². The summed E-state index contributed by atoms with van der Waals surface area (Å²) in [4.78, 5) is 28.3. The van der Waals surface area contributed by atoms with Crippen molar-refractivity contribution in [2.24, 2.45) is 4.99 Å². The van der Waals surface area contributed by atoms with E-state index in [2.05, 4.69) is 44.4 Å². The number of para-hydroxylation sites is 1. The zero-order valence-electron chi connectivity index (χ0n) is 22.4. The van der Waals surface area contributed by atoms with E-state index in [-0.39, 0.29) is 39.8 Å². The van der Waals surface area contributed by atoms with Crippen molar-refractivity contribution in [3.8, 4) is 11.3 Å². The molecule has 0 radical (unpaired) electrons. The first-order valence-corrected chi connectivity index (χ1v) is 13.4. The summed E-state index contributed by atoms with van der Waals surface area (Å²) in [6.07, 6.45) is 1.35. The van der Waals surface area contributed by atoms with Crippen molar-refractivity contribution in [1.29, 1.82) is 0 Å². The molecule has 1 aromatic heterocycles. The van der Waals surface area contributed by atoms with Gasteiger partial charge in [-0.25, -0.2) is 14.4 Å². The van der Waals surface area contributed by atoms with E-state index < -0.39 is 5.82 Å². The summed E-state index contributed by atoms with van der Waals surface area (Å²) in [7, 11) is 0. The molecule has 1 unspecified atom stereocenters. The lowest BCUT2D eigenvalue weighted by Crippen LogP contribution is -2.56. The summed E-state index contributed by atoms with van der Waals surface area (Å²) >= 11 is 6.80. The Hall–Kier alpha value is -3.91. The van der Waals surface area contributed by atoms with Crippen LogP contribution in [0.3, 0.4) is 0 Å². The van der Waals surface area contributed by atoms with Crippen LogP contribution in [0.2, 0.25) is 5.02 Å². The number of hydrogen-bond donors (Lipinski definition) is 1. The van der Waals surface area contributed by atoms with Gasteiger partial charge in [0.25, 0.3) is 0 Å². The predicted octanol–water partition coefficient (Wildman–Crippen LogP) is 5.82. The number of benzene rings is 2. The van der Waals surface area contributed by atoms with Crippen molar-refractivity contribution in [3.05, 3.63) is 83.2 Å². The Morgan fingerprint density at radius 3 is 2.67 bits per heavy atom. The Kier molecular flexibility index (Phi) is 7.32. The number of amides is 1. The highest BCUT2D eigenvalue weighted by Gasteiger charge is 2.34. The number of carbonyl (C=O) groups is 1. The molecule has 5 rings (SSSR count). The summed E-state index contributed by atoms with van der Waals surface area (Å²) in [5, 5.41) is 0.283. The Morgan fingerprint density at radius 1 is 1.21 bits per heavy atom. The highest BCUT2D eigenvalue weighted by Crippen LogP contribution is 2.41. The van der Waals surface area contributed by atoms with E-state index >= 15 is 4.39 Å². The average Bonchev–Trinajstić information content (AvgIpc) is 2.92. The van der Waals surface area contributed by atoms with Gasteiger partial charge >= 0.3 is 0 Å². The largest absolute Gasteiger partial charge is 0.398 e. The molecule has 0 spiro atoms. The number of aromatic nitrogens is 1. The van der Waals surface area contributed by atoms with Crippen molar-refractivity contribution < 1.29 is 9.18 Å². The van der Waals surface area contributed by atoms with Gasteiger partial charge in [-0.2, -0.15) is 0 Å². The third-order valence-corrected chi connectivity index (χ3v) is 7.62. The van der Waals surface area contributed by atoms with Gasteiger partial charge in [0.1, 0.15) is 24.1 Å². The number of nitrogens with two attached hydrogens (primary N) is 1. The average molecular weight is 547 g/mol. The standard InChI is InChI=1S/C30H32ClFN6O/c1-5-26(39)36-13-14-37(19(4)16-36)29-21-15-22(31)28(27-23(32)10-8-11-24(27)33)35-30(21)38(17-34-29)25-12-7-6-9-20(25)18(2)3/h5-12,15,18-19H,1,13-14,16-17,33H2,2-4H3. The molecule has 9 heteroatoms. The van der Waals surface area contributed by atoms with Crippen LogP contribution in [0.1, 0.15) is 37.8 Å². The first-order valence-electron chi connectivity index (χ1n) is 13.0. The minimum absolute atomic E-state index is 0.00409.